The third kappa shape index (κ3) is 3.34. The fourth-order valence-electron chi connectivity index (χ4n) is 2.69. The molecule has 2 heterocycles. The molecule has 120 valence electrons. The number of non-ortho nitro benzene ring substituents is 1. The van der Waals surface area contributed by atoms with Crippen LogP contribution in [0.4, 0.5) is 11.4 Å². The fourth-order valence-corrected chi connectivity index (χ4v) is 3.37. The number of thiophene rings is 1. The molecule has 23 heavy (non-hydrogen) atoms. The summed E-state index contributed by atoms with van der Waals surface area (Å²) in [5.74, 6) is 0.0812. The van der Waals surface area contributed by atoms with E-state index in [1.807, 2.05) is 23.3 Å². The first kappa shape index (κ1) is 15.5. The van der Waals surface area contributed by atoms with E-state index in [1.54, 1.807) is 23.5 Å². The van der Waals surface area contributed by atoms with Gasteiger partial charge in [0.25, 0.3) is 11.6 Å². The Hall–Kier alpha value is -2.41. The topological polar surface area (TPSA) is 66.7 Å². The minimum Gasteiger partial charge on any atom is -0.368 e. The maximum absolute atomic E-state index is 12.4. The van der Waals surface area contributed by atoms with E-state index in [4.69, 9.17) is 0 Å². The number of hydrogen-bond acceptors (Lipinski definition) is 5. The number of nitro benzene ring substituents is 1. The van der Waals surface area contributed by atoms with E-state index >= 15 is 0 Å². The molecule has 0 saturated carbocycles. The summed E-state index contributed by atoms with van der Waals surface area (Å²) < 4.78 is 0. The number of nitrogens with zero attached hydrogens (tertiary/aromatic N) is 3. The van der Waals surface area contributed by atoms with E-state index < -0.39 is 4.92 Å². The highest BCUT2D eigenvalue weighted by Gasteiger charge is 2.23. The molecule has 1 aromatic heterocycles. The van der Waals surface area contributed by atoms with Crippen molar-refractivity contribution in [3.63, 3.8) is 0 Å². The average Bonchev–Trinajstić information content (AvgIpc) is 3.01. The van der Waals surface area contributed by atoms with Gasteiger partial charge in [0.15, 0.2) is 0 Å². The molecule has 3 rings (SSSR count). The standard InChI is InChI=1S/C16H17N3O3S/c1-12-10-13(11-23-12)16(20)18-8-6-17(7-9-18)14-2-4-15(5-3-14)19(21)22/h2-5,10-11H,6-9H2,1H3. The van der Waals surface area contributed by atoms with Crippen molar-refractivity contribution < 1.29 is 9.72 Å². The monoisotopic (exact) mass is 331 g/mol. The van der Waals surface area contributed by atoms with E-state index in [0.29, 0.717) is 13.1 Å². The van der Waals surface area contributed by atoms with Crippen LogP contribution in [0.1, 0.15) is 15.2 Å². The van der Waals surface area contributed by atoms with Gasteiger partial charge in [0.1, 0.15) is 0 Å². The zero-order chi connectivity index (χ0) is 16.4. The van der Waals surface area contributed by atoms with Gasteiger partial charge in [-0.25, -0.2) is 0 Å². The number of amides is 1. The van der Waals surface area contributed by atoms with Gasteiger partial charge in [-0.1, -0.05) is 0 Å². The van der Waals surface area contributed by atoms with Gasteiger partial charge < -0.3 is 9.80 Å². The quantitative estimate of drug-likeness (QED) is 0.641. The maximum Gasteiger partial charge on any atom is 0.269 e. The molecule has 2 aromatic rings. The normalized spacial score (nSPS) is 14.8. The highest BCUT2D eigenvalue weighted by molar-refractivity contribution is 7.10. The van der Waals surface area contributed by atoms with E-state index in [0.717, 1.165) is 29.2 Å². The molecule has 6 nitrogen and oxygen atoms in total. The van der Waals surface area contributed by atoms with Gasteiger partial charge in [0.2, 0.25) is 0 Å². The van der Waals surface area contributed by atoms with Crippen molar-refractivity contribution >= 4 is 28.6 Å². The van der Waals surface area contributed by atoms with Crippen LogP contribution in [0.25, 0.3) is 0 Å². The van der Waals surface area contributed by atoms with Crippen molar-refractivity contribution in [2.24, 2.45) is 0 Å². The molecule has 0 unspecified atom stereocenters. The zero-order valence-electron chi connectivity index (χ0n) is 12.8. The molecule has 0 N–H and O–H groups in total. The lowest BCUT2D eigenvalue weighted by Crippen LogP contribution is -2.48. The molecule has 1 aromatic carbocycles. The number of benzene rings is 1. The van der Waals surface area contributed by atoms with Gasteiger partial charge >= 0.3 is 0 Å². The van der Waals surface area contributed by atoms with Crippen LogP contribution < -0.4 is 4.90 Å². The minimum atomic E-state index is -0.400. The summed E-state index contributed by atoms with van der Waals surface area (Å²) >= 11 is 1.58. The van der Waals surface area contributed by atoms with Gasteiger partial charge in [0.05, 0.1) is 10.5 Å². The number of piperazine rings is 1. The number of carbonyl (C=O) groups excluding carboxylic acids is 1. The molecule has 0 spiro atoms. The molecule has 1 fully saturated rings. The minimum absolute atomic E-state index is 0.0812. The first-order valence-corrected chi connectivity index (χ1v) is 8.26. The summed E-state index contributed by atoms with van der Waals surface area (Å²) in [4.78, 5) is 27.9. The molecule has 1 aliphatic heterocycles. The second-order valence-corrected chi connectivity index (χ2v) is 6.61. The number of anilines is 1. The van der Waals surface area contributed by atoms with Crippen LogP contribution >= 0.6 is 11.3 Å². The van der Waals surface area contributed by atoms with Gasteiger partial charge in [-0.05, 0) is 25.1 Å². The molecule has 0 bridgehead atoms. The van der Waals surface area contributed by atoms with Crippen molar-refractivity contribution in [2.75, 3.05) is 31.1 Å². The molecule has 1 amide bonds. The Kier molecular flexibility index (Phi) is 4.29. The molecule has 0 atom stereocenters. The van der Waals surface area contributed by atoms with Crippen LogP contribution in [0.2, 0.25) is 0 Å². The Morgan fingerprint density at radius 3 is 2.35 bits per heavy atom. The van der Waals surface area contributed by atoms with Crippen LogP contribution in [0.3, 0.4) is 0 Å². The highest BCUT2D eigenvalue weighted by Crippen LogP contribution is 2.22. The molecule has 0 aliphatic carbocycles. The third-order valence-electron chi connectivity index (χ3n) is 3.97. The SMILES string of the molecule is Cc1cc(C(=O)N2CCN(c3ccc([N+](=O)[O-])cc3)CC2)cs1. The van der Waals surface area contributed by atoms with Crippen LogP contribution in [0.15, 0.2) is 35.7 Å². The van der Waals surface area contributed by atoms with E-state index in [2.05, 4.69) is 4.90 Å². The fraction of sp³-hybridized carbons (Fsp3) is 0.312. The van der Waals surface area contributed by atoms with Gasteiger partial charge in [-0.3, -0.25) is 14.9 Å². The van der Waals surface area contributed by atoms with Gasteiger partial charge in [-0.2, -0.15) is 0 Å². The summed E-state index contributed by atoms with van der Waals surface area (Å²) in [5.41, 5.74) is 1.81. The third-order valence-corrected chi connectivity index (χ3v) is 4.83. The number of carbonyl (C=O) groups is 1. The smallest absolute Gasteiger partial charge is 0.269 e. The Labute approximate surface area is 138 Å². The maximum atomic E-state index is 12.4. The van der Waals surface area contributed by atoms with Gasteiger partial charge in [-0.15, -0.1) is 11.3 Å². The summed E-state index contributed by atoms with van der Waals surface area (Å²) in [6.07, 6.45) is 0. The number of hydrogen-bond donors (Lipinski definition) is 0. The Morgan fingerprint density at radius 2 is 1.83 bits per heavy atom. The van der Waals surface area contributed by atoms with Crippen molar-refractivity contribution in [1.82, 2.24) is 4.90 Å². The summed E-state index contributed by atoms with van der Waals surface area (Å²) in [7, 11) is 0. The average molecular weight is 331 g/mol. The molecule has 1 saturated heterocycles. The van der Waals surface area contributed by atoms with E-state index in [9.17, 15) is 14.9 Å². The Balaban J connectivity index is 1.61. The predicted molar refractivity (Wildman–Crippen MR) is 90.3 cm³/mol. The lowest BCUT2D eigenvalue weighted by atomic mass is 10.2. The van der Waals surface area contributed by atoms with Gasteiger partial charge in [0, 0.05) is 54.3 Å². The van der Waals surface area contributed by atoms with Crippen molar-refractivity contribution in [2.45, 2.75) is 6.92 Å². The molecule has 1 aliphatic rings. The van der Waals surface area contributed by atoms with Crippen LogP contribution in [-0.2, 0) is 0 Å². The largest absolute Gasteiger partial charge is 0.368 e. The Bertz CT molecular complexity index is 718. The van der Waals surface area contributed by atoms with Crippen LogP contribution in [-0.4, -0.2) is 41.9 Å². The second-order valence-electron chi connectivity index (χ2n) is 5.50. The van der Waals surface area contributed by atoms with Crippen molar-refractivity contribution in [3.05, 3.63) is 56.3 Å². The molecule has 0 radical (unpaired) electrons. The Morgan fingerprint density at radius 1 is 1.17 bits per heavy atom. The summed E-state index contributed by atoms with van der Waals surface area (Å²) in [5, 5.41) is 12.6. The summed E-state index contributed by atoms with van der Waals surface area (Å²) in [6.45, 7) is 4.77. The van der Waals surface area contributed by atoms with E-state index in [1.165, 1.54) is 12.1 Å². The lowest BCUT2D eigenvalue weighted by molar-refractivity contribution is -0.384. The first-order valence-electron chi connectivity index (χ1n) is 7.38. The molecule has 7 heteroatoms. The first-order chi connectivity index (χ1) is 11.0. The zero-order valence-corrected chi connectivity index (χ0v) is 13.6. The highest BCUT2D eigenvalue weighted by atomic mass is 32.1. The van der Waals surface area contributed by atoms with Crippen LogP contribution in [0, 0.1) is 17.0 Å². The number of rotatable bonds is 3. The number of aryl methyl sites for hydroxylation is 1. The summed E-state index contributed by atoms with van der Waals surface area (Å²) in [6, 6.07) is 8.48. The van der Waals surface area contributed by atoms with Crippen molar-refractivity contribution in [1.29, 1.82) is 0 Å². The lowest BCUT2D eigenvalue weighted by Gasteiger charge is -2.36. The molecular weight excluding hydrogens is 314 g/mol. The van der Waals surface area contributed by atoms with Crippen molar-refractivity contribution in [3.8, 4) is 0 Å². The van der Waals surface area contributed by atoms with E-state index in [-0.39, 0.29) is 11.6 Å². The van der Waals surface area contributed by atoms with Crippen LogP contribution in [0.5, 0.6) is 0 Å². The predicted octanol–water partition coefficient (Wildman–Crippen LogP) is 2.93. The molecular formula is C16H17N3O3S. The second kappa shape index (κ2) is 6.37. The number of nitro groups is 1.